The number of aromatic hydroxyl groups is 5. The van der Waals surface area contributed by atoms with Gasteiger partial charge in [-0.1, -0.05) is 36.4 Å². The quantitative estimate of drug-likeness (QED) is 0.0505. The first-order valence-corrected chi connectivity index (χ1v) is 30.5. The molecule has 8 fully saturated rings. The first-order valence-electron chi connectivity index (χ1n) is 30.5. The highest BCUT2D eigenvalue weighted by molar-refractivity contribution is 5.94. The van der Waals surface area contributed by atoms with E-state index in [9.17, 15) is 63.0 Å². The van der Waals surface area contributed by atoms with Crippen molar-refractivity contribution in [3.8, 4) is 28.7 Å². The van der Waals surface area contributed by atoms with E-state index in [0.29, 0.717) is 29.4 Å². The molecule has 0 saturated carbocycles. The molecule has 30 nitrogen and oxygen atoms in total. The summed E-state index contributed by atoms with van der Waals surface area (Å²) in [5.41, 5.74) is 15.6. The zero-order valence-corrected chi connectivity index (χ0v) is 53.1. The SMILES string of the molecule is COC(=O)[C@@H](N)Cc1ccc(O)cc1.Nc1cccc(O)c1.O=C1CCC(=O)O1.O=C1CCC(=O)O1.O=C1CCC(=O)O1.O=C1CCC(=O)O1.O=C1CCC(=O)O1.Oc1ccc(N2CCNCC2)cc1.Oc1cccc(N2CCNCC2)c1.Oc1ccccc1N1CCNCC1. The molecule has 518 valence electrons. The standard InChI is InChI=1S/3C10H14N2O.C10H13NO3.C6H7NO.5C4H4O3/c13-10-3-1-9(2-4-10)12-7-5-11-6-8-12;13-10-3-1-2-9(8-10)12-6-4-11-5-7-12;13-10-4-2-1-3-9(10)12-7-5-11-6-8-12;1-14-10(13)9(11)6-7-2-4-8(12)5-3-7;7-5-2-1-3-6(8)4-5;5*5-3-1-2-4(6)7-3/h1-4,11,13H,5-8H2;1-3,8,11,13H,4-7H2;1-4,11,13H,5-8H2;2-5,9,12H,6,11H2,1H3;1-4,8H,7H2;5*1-2H2/t;;;9-;;;;;;/m...0....../s1. The fourth-order valence-electron chi connectivity index (χ4n) is 8.65. The van der Waals surface area contributed by atoms with Crippen molar-refractivity contribution in [1.29, 1.82) is 0 Å². The molecular weight excluding hydrogens is 1260 g/mol. The predicted octanol–water partition coefficient (Wildman–Crippen LogP) is 3.06. The van der Waals surface area contributed by atoms with Crippen molar-refractivity contribution >= 4 is 88.4 Å². The molecule has 8 heterocycles. The van der Waals surface area contributed by atoms with E-state index >= 15 is 0 Å². The third-order valence-electron chi connectivity index (χ3n) is 13.6. The van der Waals surface area contributed by atoms with Gasteiger partial charge in [0.2, 0.25) is 0 Å². The Balaban J connectivity index is 0.000000230. The van der Waals surface area contributed by atoms with Crippen molar-refractivity contribution in [2.45, 2.75) is 76.7 Å². The Morgan fingerprint density at radius 2 is 0.750 bits per heavy atom. The zero-order chi connectivity index (χ0) is 70.2. The molecule has 8 aliphatic rings. The molecule has 0 spiro atoms. The highest BCUT2D eigenvalue weighted by atomic mass is 16.6. The summed E-state index contributed by atoms with van der Waals surface area (Å²) in [6.07, 6.45) is 3.04. The number of carbonyl (C=O) groups excluding carboxylic acids is 11. The highest BCUT2D eigenvalue weighted by Gasteiger charge is 2.23. The molecule has 0 aromatic heterocycles. The maximum atomic E-state index is 11.0. The van der Waals surface area contributed by atoms with Gasteiger partial charge in [0.15, 0.2) is 0 Å². The summed E-state index contributed by atoms with van der Waals surface area (Å²) in [5, 5.41) is 55.7. The average Bonchev–Trinajstić information content (AvgIpc) is 1.15. The molecule has 5 aromatic carbocycles. The molecule has 0 bridgehead atoms. The van der Waals surface area contributed by atoms with Gasteiger partial charge in [0, 0.05) is 108 Å². The number of nitrogen functional groups attached to an aromatic ring is 1. The lowest BCUT2D eigenvalue weighted by molar-refractivity contribution is -0.153. The highest BCUT2D eigenvalue weighted by Crippen LogP contribution is 2.26. The number of nitrogens with zero attached hydrogens (tertiary/aromatic N) is 3. The Labute approximate surface area is 553 Å². The number of phenolic OH excluding ortho intramolecular Hbond substituents is 5. The van der Waals surface area contributed by atoms with E-state index in [1.807, 2.05) is 48.5 Å². The molecule has 0 radical (unpaired) electrons. The van der Waals surface area contributed by atoms with Crippen LogP contribution in [0.25, 0.3) is 0 Å². The van der Waals surface area contributed by atoms with Gasteiger partial charge in [-0.3, -0.25) is 52.7 Å². The number of cyclic esters (lactones) is 10. The van der Waals surface area contributed by atoms with Gasteiger partial charge in [-0.25, -0.2) is 0 Å². The molecule has 8 saturated heterocycles. The van der Waals surface area contributed by atoms with Crippen molar-refractivity contribution < 1.29 is 107 Å². The van der Waals surface area contributed by atoms with Crippen molar-refractivity contribution in [1.82, 2.24) is 16.0 Å². The number of hydrogen-bond donors (Lipinski definition) is 10. The monoisotopic (exact) mass is 1340 g/mol. The molecule has 5 aromatic rings. The van der Waals surface area contributed by atoms with Crippen molar-refractivity contribution in [3.63, 3.8) is 0 Å². The number of para-hydroxylation sites is 2. The van der Waals surface area contributed by atoms with Gasteiger partial charge in [-0.15, -0.1) is 0 Å². The molecular formula is C66H82N8O22. The number of piperazine rings is 3. The van der Waals surface area contributed by atoms with Gasteiger partial charge < -0.3 is 96.1 Å². The molecule has 0 aliphatic carbocycles. The number of carbonyl (C=O) groups is 11. The molecule has 1 atom stereocenters. The lowest BCUT2D eigenvalue weighted by Gasteiger charge is -2.29. The number of ether oxygens (including phenoxy) is 6. The Hall–Kier alpha value is -10.7. The van der Waals surface area contributed by atoms with Crippen LogP contribution in [-0.2, 0) is 87.6 Å². The summed E-state index contributed by atoms with van der Waals surface area (Å²) < 4.78 is 24.9. The minimum Gasteiger partial charge on any atom is -0.508 e. The first kappa shape index (κ1) is 77.8. The lowest BCUT2D eigenvalue weighted by atomic mass is 10.1. The first-order chi connectivity index (χ1) is 46.0. The third-order valence-corrected chi connectivity index (χ3v) is 13.6. The number of rotatable bonds is 6. The average molecular weight is 1340 g/mol. The maximum absolute atomic E-state index is 11.0. The van der Waals surface area contributed by atoms with Crippen LogP contribution in [-0.4, -0.2) is 183 Å². The van der Waals surface area contributed by atoms with Crippen LogP contribution in [0.4, 0.5) is 22.7 Å². The summed E-state index contributed by atoms with van der Waals surface area (Å²) in [5.74, 6) is -2.95. The van der Waals surface area contributed by atoms with E-state index in [0.717, 1.165) is 95.5 Å². The van der Waals surface area contributed by atoms with Gasteiger partial charge in [-0.05, 0) is 84.8 Å². The van der Waals surface area contributed by atoms with Gasteiger partial charge >= 0.3 is 65.7 Å². The topological polar surface area (TPSA) is 442 Å². The predicted molar refractivity (Wildman–Crippen MR) is 346 cm³/mol. The number of esters is 11. The summed E-state index contributed by atoms with van der Waals surface area (Å²) in [6, 6.07) is 34.7. The summed E-state index contributed by atoms with van der Waals surface area (Å²) in [7, 11) is 1.30. The smallest absolute Gasteiger partial charge is 0.322 e. The number of benzene rings is 5. The van der Waals surface area contributed by atoms with Crippen molar-refractivity contribution in [3.05, 3.63) is 127 Å². The van der Waals surface area contributed by atoms with Crippen LogP contribution in [0.5, 0.6) is 28.7 Å². The zero-order valence-electron chi connectivity index (χ0n) is 53.1. The van der Waals surface area contributed by atoms with E-state index in [1.165, 1.54) is 18.9 Å². The van der Waals surface area contributed by atoms with Gasteiger partial charge in [-0.2, -0.15) is 0 Å². The second-order valence-corrected chi connectivity index (χ2v) is 21.1. The summed E-state index contributed by atoms with van der Waals surface area (Å²) in [4.78, 5) is 118. The van der Waals surface area contributed by atoms with E-state index in [2.05, 4.69) is 59.1 Å². The normalized spacial score (nSPS) is 16.9. The largest absolute Gasteiger partial charge is 0.508 e. The van der Waals surface area contributed by atoms with Crippen LogP contribution < -0.4 is 42.1 Å². The second-order valence-electron chi connectivity index (χ2n) is 21.1. The minimum absolute atomic E-state index is 0.195. The van der Waals surface area contributed by atoms with Crippen LogP contribution in [0, 0.1) is 0 Å². The Kier molecular flexibility index (Phi) is 35.0. The summed E-state index contributed by atoms with van der Waals surface area (Å²) in [6.45, 7) is 12.2. The number of nitrogens with one attached hydrogen (secondary N) is 3. The number of methoxy groups -OCH3 is 1. The van der Waals surface area contributed by atoms with Crippen LogP contribution >= 0.6 is 0 Å². The fourth-order valence-corrected chi connectivity index (χ4v) is 8.65. The lowest BCUT2D eigenvalue weighted by Crippen LogP contribution is -2.43. The van der Waals surface area contributed by atoms with Crippen LogP contribution in [0.15, 0.2) is 121 Å². The van der Waals surface area contributed by atoms with E-state index < -0.39 is 71.7 Å². The number of anilines is 4. The van der Waals surface area contributed by atoms with Crippen LogP contribution in [0.1, 0.15) is 69.8 Å². The van der Waals surface area contributed by atoms with E-state index in [1.54, 1.807) is 66.7 Å². The Morgan fingerprint density at radius 3 is 1.06 bits per heavy atom. The van der Waals surface area contributed by atoms with Crippen LogP contribution in [0.2, 0.25) is 0 Å². The van der Waals surface area contributed by atoms with E-state index in [4.69, 9.17) is 26.8 Å². The van der Waals surface area contributed by atoms with Gasteiger partial charge in [0.25, 0.3) is 0 Å². The molecule has 12 N–H and O–H groups in total. The maximum Gasteiger partial charge on any atom is 0.322 e. The van der Waals surface area contributed by atoms with Gasteiger partial charge in [0.1, 0.15) is 34.8 Å². The van der Waals surface area contributed by atoms with E-state index in [-0.39, 0.29) is 75.7 Å². The molecule has 8 aliphatic heterocycles. The summed E-state index contributed by atoms with van der Waals surface area (Å²) >= 11 is 0. The molecule has 96 heavy (non-hydrogen) atoms. The van der Waals surface area contributed by atoms with Crippen LogP contribution in [0.3, 0.4) is 0 Å². The second kappa shape index (κ2) is 43.3. The minimum atomic E-state index is -0.649. The fraction of sp³-hybridized carbons (Fsp3) is 0.379. The number of nitrogens with two attached hydrogens (primary N) is 2. The molecule has 0 amide bonds. The Morgan fingerprint density at radius 1 is 0.417 bits per heavy atom. The van der Waals surface area contributed by atoms with Crippen molar-refractivity contribution in [2.24, 2.45) is 5.73 Å². The number of hydrogen-bond acceptors (Lipinski definition) is 30. The number of phenols is 5. The molecule has 13 rings (SSSR count). The Bertz CT molecular complexity index is 3070. The van der Waals surface area contributed by atoms with Gasteiger partial charge in [0.05, 0.1) is 77.0 Å². The molecule has 0 unspecified atom stereocenters. The van der Waals surface area contributed by atoms with Crippen molar-refractivity contribution in [2.75, 3.05) is 106 Å². The molecule has 30 heteroatoms. The third kappa shape index (κ3) is 32.7.